The van der Waals surface area contributed by atoms with Crippen molar-refractivity contribution in [2.24, 2.45) is 0 Å². The highest BCUT2D eigenvalue weighted by molar-refractivity contribution is 9.11. The van der Waals surface area contributed by atoms with Crippen LogP contribution in [0.4, 0.5) is 5.82 Å². The molecule has 0 amide bonds. The standard InChI is InChI=1S/C10H11Br2ClN2/c11-7-5-9(12)10(14-6-7)15(4-3-13)8-1-2-8/h5-6,8H,1-4H2. The largest absolute Gasteiger partial charge is 0.352 e. The normalized spacial score (nSPS) is 15.4. The summed E-state index contributed by atoms with van der Waals surface area (Å²) in [5.41, 5.74) is 0. The van der Waals surface area contributed by atoms with Crippen molar-refractivity contribution >= 4 is 49.3 Å². The quantitative estimate of drug-likeness (QED) is 0.765. The Morgan fingerprint density at radius 1 is 1.47 bits per heavy atom. The van der Waals surface area contributed by atoms with E-state index in [1.807, 2.05) is 12.3 Å². The van der Waals surface area contributed by atoms with E-state index in [0.29, 0.717) is 11.9 Å². The Morgan fingerprint density at radius 2 is 2.20 bits per heavy atom. The van der Waals surface area contributed by atoms with Crippen molar-refractivity contribution in [3.05, 3.63) is 21.2 Å². The SMILES string of the molecule is ClCCN(c1ncc(Br)cc1Br)C1CC1. The molecule has 0 aliphatic heterocycles. The monoisotopic (exact) mass is 352 g/mol. The Bertz CT molecular complexity index is 355. The zero-order valence-electron chi connectivity index (χ0n) is 8.09. The average molecular weight is 354 g/mol. The van der Waals surface area contributed by atoms with Gasteiger partial charge in [0.2, 0.25) is 0 Å². The van der Waals surface area contributed by atoms with Gasteiger partial charge in [-0.2, -0.15) is 0 Å². The fourth-order valence-electron chi connectivity index (χ4n) is 1.56. The number of hydrogen-bond donors (Lipinski definition) is 0. The lowest BCUT2D eigenvalue weighted by atomic mass is 10.4. The van der Waals surface area contributed by atoms with Crippen LogP contribution in [0.25, 0.3) is 0 Å². The zero-order chi connectivity index (χ0) is 10.8. The summed E-state index contributed by atoms with van der Waals surface area (Å²) < 4.78 is 2.01. The van der Waals surface area contributed by atoms with Gasteiger partial charge in [0.25, 0.3) is 0 Å². The highest BCUT2D eigenvalue weighted by atomic mass is 79.9. The predicted molar refractivity (Wildman–Crippen MR) is 70.7 cm³/mol. The van der Waals surface area contributed by atoms with Gasteiger partial charge in [0.1, 0.15) is 5.82 Å². The van der Waals surface area contributed by atoms with Crippen molar-refractivity contribution in [1.82, 2.24) is 4.98 Å². The lowest BCUT2D eigenvalue weighted by Gasteiger charge is -2.23. The molecule has 0 aromatic carbocycles. The summed E-state index contributed by atoms with van der Waals surface area (Å²) in [5.74, 6) is 1.64. The van der Waals surface area contributed by atoms with E-state index in [1.165, 1.54) is 12.8 Å². The molecule has 1 saturated carbocycles. The minimum absolute atomic E-state index is 0.633. The predicted octanol–water partition coefficient (Wildman–Crippen LogP) is 3.81. The van der Waals surface area contributed by atoms with E-state index in [0.717, 1.165) is 21.3 Å². The van der Waals surface area contributed by atoms with Crippen molar-refractivity contribution in [3.63, 3.8) is 0 Å². The van der Waals surface area contributed by atoms with E-state index in [1.54, 1.807) is 0 Å². The van der Waals surface area contributed by atoms with Gasteiger partial charge in [-0.1, -0.05) is 0 Å². The summed E-state index contributed by atoms with van der Waals surface area (Å²) in [6, 6.07) is 2.65. The van der Waals surface area contributed by atoms with Crippen LogP contribution in [0, 0.1) is 0 Å². The third-order valence-electron chi connectivity index (χ3n) is 2.37. The summed E-state index contributed by atoms with van der Waals surface area (Å²) in [6.45, 7) is 0.861. The zero-order valence-corrected chi connectivity index (χ0v) is 12.0. The van der Waals surface area contributed by atoms with Crippen LogP contribution < -0.4 is 4.90 Å². The van der Waals surface area contributed by atoms with E-state index in [4.69, 9.17) is 11.6 Å². The molecule has 0 N–H and O–H groups in total. The highest BCUT2D eigenvalue weighted by Gasteiger charge is 2.30. The van der Waals surface area contributed by atoms with Crippen LogP contribution in [0.15, 0.2) is 21.2 Å². The molecule has 0 radical (unpaired) electrons. The van der Waals surface area contributed by atoms with Crippen LogP contribution in [-0.2, 0) is 0 Å². The van der Waals surface area contributed by atoms with Gasteiger partial charge < -0.3 is 4.90 Å². The van der Waals surface area contributed by atoms with Crippen molar-refractivity contribution in [3.8, 4) is 0 Å². The Morgan fingerprint density at radius 3 is 2.73 bits per heavy atom. The fourth-order valence-corrected chi connectivity index (χ4v) is 2.95. The Balaban J connectivity index is 2.24. The van der Waals surface area contributed by atoms with E-state index < -0.39 is 0 Å². The maximum atomic E-state index is 5.81. The Kier molecular flexibility index (Phi) is 3.91. The number of rotatable bonds is 4. The molecular formula is C10H11Br2ClN2. The lowest BCUT2D eigenvalue weighted by Crippen LogP contribution is -2.28. The smallest absolute Gasteiger partial charge is 0.143 e. The van der Waals surface area contributed by atoms with Crippen molar-refractivity contribution < 1.29 is 0 Å². The van der Waals surface area contributed by atoms with Crippen molar-refractivity contribution in [2.45, 2.75) is 18.9 Å². The maximum Gasteiger partial charge on any atom is 0.143 e. The number of hydrogen-bond acceptors (Lipinski definition) is 2. The Labute approximate surface area is 111 Å². The second kappa shape index (κ2) is 5.02. The number of pyridine rings is 1. The van der Waals surface area contributed by atoms with Gasteiger partial charge in [-0.3, -0.25) is 0 Å². The van der Waals surface area contributed by atoms with Gasteiger partial charge in [0, 0.05) is 29.1 Å². The van der Waals surface area contributed by atoms with Gasteiger partial charge in [0.15, 0.2) is 0 Å². The first-order chi connectivity index (χ1) is 7.22. The molecule has 1 aliphatic rings. The van der Waals surface area contributed by atoms with E-state index in [-0.39, 0.29) is 0 Å². The maximum absolute atomic E-state index is 5.81. The summed E-state index contributed by atoms with van der Waals surface area (Å²) in [5, 5.41) is 0. The molecule has 2 rings (SSSR count). The molecule has 1 aromatic heterocycles. The van der Waals surface area contributed by atoms with E-state index in [9.17, 15) is 0 Å². The van der Waals surface area contributed by atoms with Crippen LogP contribution in [0.3, 0.4) is 0 Å². The second-order valence-electron chi connectivity index (χ2n) is 3.57. The summed E-state index contributed by atoms with van der Waals surface area (Å²) in [7, 11) is 0. The molecule has 0 atom stereocenters. The topological polar surface area (TPSA) is 16.1 Å². The Hall–Kier alpha value is 0.200. The average Bonchev–Trinajstić information content (AvgIpc) is 2.98. The van der Waals surface area contributed by atoms with Gasteiger partial charge in [-0.05, 0) is 50.8 Å². The molecule has 2 nitrogen and oxygen atoms in total. The fraction of sp³-hybridized carbons (Fsp3) is 0.500. The summed E-state index contributed by atoms with van der Waals surface area (Å²) >= 11 is 12.7. The first-order valence-electron chi connectivity index (χ1n) is 4.86. The molecule has 5 heteroatoms. The van der Waals surface area contributed by atoms with Gasteiger partial charge in [-0.25, -0.2) is 4.98 Å². The molecule has 0 bridgehead atoms. The molecule has 1 aliphatic carbocycles. The lowest BCUT2D eigenvalue weighted by molar-refractivity contribution is 0.808. The van der Waals surface area contributed by atoms with Crippen molar-refractivity contribution in [1.29, 1.82) is 0 Å². The van der Waals surface area contributed by atoms with Crippen molar-refractivity contribution in [2.75, 3.05) is 17.3 Å². The second-order valence-corrected chi connectivity index (χ2v) is 5.72. The van der Waals surface area contributed by atoms with Gasteiger partial charge in [0.05, 0.1) is 4.47 Å². The van der Waals surface area contributed by atoms with Crippen LogP contribution >= 0.6 is 43.5 Å². The van der Waals surface area contributed by atoms with Crippen LogP contribution in [-0.4, -0.2) is 23.5 Å². The van der Waals surface area contributed by atoms with Crippen LogP contribution in [0.1, 0.15) is 12.8 Å². The number of anilines is 1. The minimum Gasteiger partial charge on any atom is -0.352 e. The molecule has 1 fully saturated rings. The molecule has 0 unspecified atom stereocenters. The number of alkyl halides is 1. The number of nitrogens with zero attached hydrogens (tertiary/aromatic N) is 2. The molecule has 0 spiro atoms. The molecular weight excluding hydrogens is 343 g/mol. The highest BCUT2D eigenvalue weighted by Crippen LogP contribution is 2.35. The molecule has 1 aromatic rings. The third kappa shape index (κ3) is 2.86. The summed E-state index contributed by atoms with van der Waals surface area (Å²) in [4.78, 5) is 6.71. The number of aromatic nitrogens is 1. The molecule has 0 saturated heterocycles. The van der Waals surface area contributed by atoms with Gasteiger partial charge >= 0.3 is 0 Å². The molecule has 15 heavy (non-hydrogen) atoms. The minimum atomic E-state index is 0.633. The van der Waals surface area contributed by atoms with Crippen LogP contribution in [0.5, 0.6) is 0 Å². The van der Waals surface area contributed by atoms with E-state index in [2.05, 4.69) is 41.7 Å². The van der Waals surface area contributed by atoms with Crippen LogP contribution in [0.2, 0.25) is 0 Å². The van der Waals surface area contributed by atoms with E-state index >= 15 is 0 Å². The molecule has 1 heterocycles. The van der Waals surface area contributed by atoms with Gasteiger partial charge in [-0.15, -0.1) is 11.6 Å². The summed E-state index contributed by atoms with van der Waals surface area (Å²) in [6.07, 6.45) is 4.33. The molecule has 82 valence electrons. The number of halogens is 3. The third-order valence-corrected chi connectivity index (χ3v) is 3.56. The first-order valence-corrected chi connectivity index (χ1v) is 6.98. The first kappa shape index (κ1) is 11.7.